The summed E-state index contributed by atoms with van der Waals surface area (Å²) in [7, 11) is 0. The number of amides is 1. The van der Waals surface area contributed by atoms with Gasteiger partial charge in [0.05, 0.1) is 16.7 Å². The normalized spacial score (nSPS) is 14.9. The SMILES string of the molecule is O=C(NCCC1CCN(c2ccc3cc(Cl)ccc3n2)CC1)OCc1cscn1. The highest BCUT2D eigenvalue weighted by Gasteiger charge is 2.20. The minimum absolute atomic E-state index is 0.221. The molecule has 1 fully saturated rings. The summed E-state index contributed by atoms with van der Waals surface area (Å²) in [5.74, 6) is 1.62. The molecule has 3 heterocycles. The number of pyridine rings is 1. The number of anilines is 1. The minimum Gasteiger partial charge on any atom is -0.443 e. The van der Waals surface area contributed by atoms with Gasteiger partial charge in [0.15, 0.2) is 0 Å². The largest absolute Gasteiger partial charge is 0.443 e. The van der Waals surface area contributed by atoms with Crippen molar-refractivity contribution in [3.63, 3.8) is 0 Å². The van der Waals surface area contributed by atoms with Crippen molar-refractivity contribution in [2.45, 2.75) is 25.9 Å². The number of fused-ring (bicyclic) bond motifs is 1. The Balaban J connectivity index is 1.19. The molecule has 29 heavy (non-hydrogen) atoms. The summed E-state index contributed by atoms with van der Waals surface area (Å²) in [4.78, 5) is 23.0. The first-order valence-corrected chi connectivity index (χ1v) is 11.1. The molecular weight excluding hydrogens is 408 g/mol. The molecule has 0 atom stereocenters. The van der Waals surface area contributed by atoms with E-state index in [0.29, 0.717) is 12.5 Å². The van der Waals surface area contributed by atoms with Crippen LogP contribution in [0, 0.1) is 5.92 Å². The standard InChI is InChI=1S/C21H23ClN4O2S/c22-17-2-3-19-16(11-17)1-4-20(25-19)26-9-6-15(7-10-26)5-8-23-21(27)28-12-18-13-29-14-24-18/h1-4,11,13-15H,5-10,12H2,(H,23,27). The van der Waals surface area contributed by atoms with E-state index in [1.54, 1.807) is 5.51 Å². The van der Waals surface area contributed by atoms with Gasteiger partial charge in [0, 0.05) is 35.4 Å². The zero-order valence-electron chi connectivity index (χ0n) is 16.0. The van der Waals surface area contributed by atoms with E-state index in [9.17, 15) is 4.79 Å². The van der Waals surface area contributed by atoms with Crippen molar-refractivity contribution in [3.05, 3.63) is 51.9 Å². The fourth-order valence-corrected chi connectivity index (χ4v) is 4.31. The number of hydrogen-bond acceptors (Lipinski definition) is 6. The van der Waals surface area contributed by atoms with Gasteiger partial charge in [-0.2, -0.15) is 0 Å². The third kappa shape index (κ3) is 5.36. The van der Waals surface area contributed by atoms with Crippen LogP contribution in [0.2, 0.25) is 5.02 Å². The number of nitrogens with one attached hydrogen (secondary N) is 1. The number of benzene rings is 1. The van der Waals surface area contributed by atoms with Gasteiger partial charge in [-0.1, -0.05) is 11.6 Å². The van der Waals surface area contributed by atoms with Crippen LogP contribution < -0.4 is 10.2 Å². The van der Waals surface area contributed by atoms with Crippen molar-refractivity contribution in [3.8, 4) is 0 Å². The number of ether oxygens (including phenoxy) is 1. The van der Waals surface area contributed by atoms with Crippen LogP contribution in [0.5, 0.6) is 0 Å². The second-order valence-corrected chi connectivity index (χ2v) is 8.36. The lowest BCUT2D eigenvalue weighted by atomic mass is 9.93. The molecule has 0 saturated carbocycles. The monoisotopic (exact) mass is 430 g/mol. The van der Waals surface area contributed by atoms with Gasteiger partial charge in [-0.15, -0.1) is 11.3 Å². The molecule has 3 aromatic rings. The number of piperidine rings is 1. The number of carbonyl (C=O) groups is 1. The fourth-order valence-electron chi connectivity index (χ4n) is 3.59. The maximum absolute atomic E-state index is 11.8. The summed E-state index contributed by atoms with van der Waals surface area (Å²) in [6, 6.07) is 9.93. The van der Waals surface area contributed by atoms with Gasteiger partial charge in [0.2, 0.25) is 0 Å². The fraction of sp³-hybridized carbons (Fsp3) is 0.381. The second kappa shape index (κ2) is 9.41. The zero-order valence-corrected chi connectivity index (χ0v) is 17.6. The van der Waals surface area contributed by atoms with E-state index in [1.807, 2.05) is 23.6 Å². The van der Waals surface area contributed by atoms with E-state index >= 15 is 0 Å². The van der Waals surface area contributed by atoms with Gasteiger partial charge in [0.1, 0.15) is 12.4 Å². The molecule has 2 aromatic heterocycles. The van der Waals surface area contributed by atoms with E-state index in [1.165, 1.54) is 11.3 Å². The lowest BCUT2D eigenvalue weighted by molar-refractivity contribution is 0.137. The number of hydrogen-bond donors (Lipinski definition) is 1. The Labute approximate surface area is 178 Å². The first-order chi connectivity index (χ1) is 14.2. The van der Waals surface area contributed by atoms with Crippen molar-refractivity contribution < 1.29 is 9.53 Å². The van der Waals surface area contributed by atoms with Crippen LogP contribution in [0.3, 0.4) is 0 Å². The van der Waals surface area contributed by atoms with Crippen molar-refractivity contribution in [1.82, 2.24) is 15.3 Å². The number of alkyl carbamates (subject to hydrolysis) is 1. The molecule has 0 unspecified atom stereocenters. The van der Waals surface area contributed by atoms with E-state index in [-0.39, 0.29) is 12.7 Å². The van der Waals surface area contributed by atoms with Crippen molar-refractivity contribution >= 4 is 45.8 Å². The molecule has 6 nitrogen and oxygen atoms in total. The zero-order chi connectivity index (χ0) is 20.1. The topological polar surface area (TPSA) is 67.4 Å². The number of thiazole rings is 1. The highest BCUT2D eigenvalue weighted by Crippen LogP contribution is 2.26. The minimum atomic E-state index is -0.379. The van der Waals surface area contributed by atoms with Gasteiger partial charge in [-0.3, -0.25) is 0 Å². The quantitative estimate of drug-likeness (QED) is 0.603. The molecule has 0 spiro atoms. The number of carbonyl (C=O) groups excluding carboxylic acids is 1. The average Bonchev–Trinajstić information content (AvgIpc) is 3.26. The lowest BCUT2D eigenvalue weighted by Crippen LogP contribution is -2.35. The van der Waals surface area contributed by atoms with Crippen LogP contribution in [0.15, 0.2) is 41.2 Å². The molecule has 8 heteroatoms. The molecule has 1 aliphatic rings. The van der Waals surface area contributed by atoms with E-state index < -0.39 is 0 Å². The molecule has 0 radical (unpaired) electrons. The number of rotatable bonds is 6. The predicted molar refractivity (Wildman–Crippen MR) is 117 cm³/mol. The third-order valence-corrected chi connectivity index (χ3v) is 6.10. The van der Waals surface area contributed by atoms with Gasteiger partial charge in [-0.05, 0) is 55.5 Å². The predicted octanol–water partition coefficient (Wildman–Crippen LogP) is 4.88. The molecule has 1 aromatic carbocycles. The average molecular weight is 431 g/mol. The summed E-state index contributed by atoms with van der Waals surface area (Å²) >= 11 is 7.54. The first kappa shape index (κ1) is 19.9. The summed E-state index contributed by atoms with van der Waals surface area (Å²) in [6.07, 6.45) is 2.77. The Morgan fingerprint density at radius 3 is 2.93 bits per heavy atom. The van der Waals surface area contributed by atoms with Crippen molar-refractivity contribution in [2.75, 3.05) is 24.5 Å². The van der Waals surface area contributed by atoms with Gasteiger partial charge < -0.3 is 15.0 Å². The smallest absolute Gasteiger partial charge is 0.407 e. The molecule has 1 N–H and O–H groups in total. The van der Waals surface area contributed by atoms with Gasteiger partial charge in [0.25, 0.3) is 0 Å². The van der Waals surface area contributed by atoms with Crippen molar-refractivity contribution in [1.29, 1.82) is 0 Å². The third-order valence-electron chi connectivity index (χ3n) is 5.23. The highest BCUT2D eigenvalue weighted by molar-refractivity contribution is 7.07. The maximum Gasteiger partial charge on any atom is 0.407 e. The number of nitrogens with zero attached hydrogens (tertiary/aromatic N) is 3. The Hall–Kier alpha value is -2.38. The maximum atomic E-state index is 11.8. The van der Waals surface area contributed by atoms with Crippen LogP contribution in [0.4, 0.5) is 10.6 Å². The lowest BCUT2D eigenvalue weighted by Gasteiger charge is -2.33. The number of aromatic nitrogens is 2. The molecule has 1 aliphatic heterocycles. The summed E-state index contributed by atoms with van der Waals surface area (Å²) in [5.41, 5.74) is 3.48. The van der Waals surface area contributed by atoms with Gasteiger partial charge in [-0.25, -0.2) is 14.8 Å². The van der Waals surface area contributed by atoms with Crippen LogP contribution >= 0.6 is 22.9 Å². The molecule has 4 rings (SSSR count). The van der Waals surface area contributed by atoms with Crippen molar-refractivity contribution in [2.24, 2.45) is 5.92 Å². The summed E-state index contributed by atoms with van der Waals surface area (Å²) in [6.45, 7) is 2.81. The Morgan fingerprint density at radius 2 is 2.14 bits per heavy atom. The van der Waals surface area contributed by atoms with E-state index in [4.69, 9.17) is 21.3 Å². The molecule has 0 aliphatic carbocycles. The molecule has 0 bridgehead atoms. The van der Waals surface area contributed by atoms with Crippen LogP contribution in [-0.2, 0) is 11.3 Å². The summed E-state index contributed by atoms with van der Waals surface area (Å²) < 4.78 is 5.16. The molecular formula is C21H23ClN4O2S. The molecule has 1 saturated heterocycles. The Morgan fingerprint density at radius 1 is 1.28 bits per heavy atom. The van der Waals surface area contributed by atoms with E-state index in [0.717, 1.165) is 59.8 Å². The molecule has 152 valence electrons. The van der Waals surface area contributed by atoms with Crippen LogP contribution in [0.25, 0.3) is 10.9 Å². The molecule has 1 amide bonds. The van der Waals surface area contributed by atoms with Gasteiger partial charge >= 0.3 is 6.09 Å². The summed E-state index contributed by atoms with van der Waals surface area (Å²) in [5, 5.41) is 6.50. The second-order valence-electron chi connectivity index (χ2n) is 7.21. The van der Waals surface area contributed by atoms with Crippen LogP contribution in [0.1, 0.15) is 25.0 Å². The van der Waals surface area contributed by atoms with E-state index in [2.05, 4.69) is 27.3 Å². The highest BCUT2D eigenvalue weighted by atomic mass is 35.5. The number of halogens is 1. The first-order valence-electron chi connectivity index (χ1n) is 9.76. The Kier molecular flexibility index (Phi) is 6.46. The Bertz CT molecular complexity index is 958. The van der Waals surface area contributed by atoms with Crippen LogP contribution in [-0.4, -0.2) is 35.7 Å².